The highest BCUT2D eigenvalue weighted by Gasteiger charge is 2.28. The molecule has 0 spiro atoms. The maximum Gasteiger partial charge on any atom is 0.308 e. The van der Waals surface area contributed by atoms with Crippen molar-refractivity contribution in [2.45, 2.75) is 59.3 Å². The van der Waals surface area contributed by atoms with Gasteiger partial charge in [0.1, 0.15) is 0 Å². The number of rotatable bonds is 5. The van der Waals surface area contributed by atoms with Gasteiger partial charge in [0.25, 0.3) is 0 Å². The van der Waals surface area contributed by atoms with Crippen molar-refractivity contribution in [3.8, 4) is 0 Å². The molecule has 16 heavy (non-hydrogen) atoms. The number of ether oxygens (including phenoxy) is 1. The SMILES string of the molecule is CCCCOC(=O)C1CCC(C(C)C)CC1. The van der Waals surface area contributed by atoms with Gasteiger partial charge in [-0.1, -0.05) is 27.2 Å². The van der Waals surface area contributed by atoms with Crippen molar-refractivity contribution in [2.24, 2.45) is 17.8 Å². The zero-order valence-electron chi connectivity index (χ0n) is 11.0. The lowest BCUT2D eigenvalue weighted by Crippen LogP contribution is -2.25. The number of carbonyl (C=O) groups is 1. The predicted octanol–water partition coefficient (Wildman–Crippen LogP) is 3.79. The molecule has 2 heteroatoms. The molecule has 0 aromatic heterocycles. The third-order valence-electron chi connectivity index (χ3n) is 3.79. The van der Waals surface area contributed by atoms with Gasteiger partial charge in [0, 0.05) is 0 Å². The molecular weight excluding hydrogens is 200 g/mol. The standard InChI is InChI=1S/C14H26O2/c1-4-5-10-16-14(15)13-8-6-12(7-9-13)11(2)3/h11-13H,4-10H2,1-3H3. The van der Waals surface area contributed by atoms with E-state index in [1.165, 1.54) is 12.8 Å². The van der Waals surface area contributed by atoms with Crippen LogP contribution in [0, 0.1) is 17.8 Å². The number of esters is 1. The molecule has 0 aromatic rings. The van der Waals surface area contributed by atoms with Gasteiger partial charge < -0.3 is 4.74 Å². The topological polar surface area (TPSA) is 26.3 Å². The molecule has 1 aliphatic carbocycles. The Morgan fingerprint density at radius 2 is 1.88 bits per heavy atom. The van der Waals surface area contributed by atoms with Crippen molar-refractivity contribution < 1.29 is 9.53 Å². The molecule has 1 rings (SSSR count). The average molecular weight is 226 g/mol. The first-order chi connectivity index (χ1) is 7.65. The Morgan fingerprint density at radius 3 is 2.38 bits per heavy atom. The summed E-state index contributed by atoms with van der Waals surface area (Å²) in [5.74, 6) is 1.82. The fourth-order valence-electron chi connectivity index (χ4n) is 2.46. The van der Waals surface area contributed by atoms with Crippen LogP contribution in [0.5, 0.6) is 0 Å². The zero-order valence-corrected chi connectivity index (χ0v) is 11.0. The normalized spacial score (nSPS) is 25.8. The van der Waals surface area contributed by atoms with Gasteiger partial charge in [-0.15, -0.1) is 0 Å². The van der Waals surface area contributed by atoms with E-state index in [0.717, 1.165) is 37.5 Å². The van der Waals surface area contributed by atoms with Gasteiger partial charge in [0.2, 0.25) is 0 Å². The van der Waals surface area contributed by atoms with Gasteiger partial charge in [0.15, 0.2) is 0 Å². The molecule has 0 amide bonds. The Balaban J connectivity index is 2.22. The van der Waals surface area contributed by atoms with E-state index in [0.29, 0.717) is 6.61 Å². The van der Waals surface area contributed by atoms with E-state index in [1.54, 1.807) is 0 Å². The minimum absolute atomic E-state index is 0.0515. The number of hydrogen-bond donors (Lipinski definition) is 0. The van der Waals surface area contributed by atoms with Crippen molar-refractivity contribution in [2.75, 3.05) is 6.61 Å². The summed E-state index contributed by atoms with van der Waals surface area (Å²) in [6.45, 7) is 7.29. The monoisotopic (exact) mass is 226 g/mol. The lowest BCUT2D eigenvalue weighted by Gasteiger charge is -2.29. The summed E-state index contributed by atoms with van der Waals surface area (Å²) in [5, 5.41) is 0. The van der Waals surface area contributed by atoms with E-state index in [-0.39, 0.29) is 11.9 Å². The number of unbranched alkanes of at least 4 members (excludes halogenated alkanes) is 1. The lowest BCUT2D eigenvalue weighted by molar-refractivity contribution is -0.150. The van der Waals surface area contributed by atoms with Crippen LogP contribution in [0.4, 0.5) is 0 Å². The zero-order chi connectivity index (χ0) is 12.0. The third-order valence-corrected chi connectivity index (χ3v) is 3.79. The van der Waals surface area contributed by atoms with Crippen molar-refractivity contribution in [1.29, 1.82) is 0 Å². The summed E-state index contributed by atoms with van der Waals surface area (Å²) in [6, 6.07) is 0. The molecule has 1 saturated carbocycles. The molecule has 94 valence electrons. The first-order valence-electron chi connectivity index (χ1n) is 6.81. The highest BCUT2D eigenvalue weighted by atomic mass is 16.5. The third kappa shape index (κ3) is 4.15. The Kier molecular flexibility index (Phi) is 5.86. The maximum absolute atomic E-state index is 11.7. The summed E-state index contributed by atoms with van der Waals surface area (Å²) < 4.78 is 5.28. The molecule has 2 nitrogen and oxygen atoms in total. The molecule has 0 radical (unpaired) electrons. The van der Waals surface area contributed by atoms with Crippen molar-refractivity contribution in [3.63, 3.8) is 0 Å². The fraction of sp³-hybridized carbons (Fsp3) is 0.929. The largest absolute Gasteiger partial charge is 0.465 e. The molecule has 0 heterocycles. The van der Waals surface area contributed by atoms with E-state index in [2.05, 4.69) is 20.8 Å². The first kappa shape index (κ1) is 13.5. The van der Waals surface area contributed by atoms with Crippen molar-refractivity contribution >= 4 is 5.97 Å². The van der Waals surface area contributed by atoms with E-state index >= 15 is 0 Å². The van der Waals surface area contributed by atoms with E-state index in [4.69, 9.17) is 4.74 Å². The van der Waals surface area contributed by atoms with Crippen LogP contribution in [0.3, 0.4) is 0 Å². The second-order valence-corrected chi connectivity index (χ2v) is 5.38. The van der Waals surface area contributed by atoms with Gasteiger partial charge in [-0.3, -0.25) is 4.79 Å². The molecule has 0 atom stereocenters. The van der Waals surface area contributed by atoms with E-state index in [1.807, 2.05) is 0 Å². The quantitative estimate of drug-likeness (QED) is 0.526. The average Bonchev–Trinajstić information content (AvgIpc) is 2.29. The summed E-state index contributed by atoms with van der Waals surface area (Å²) in [4.78, 5) is 11.7. The minimum Gasteiger partial charge on any atom is -0.465 e. The van der Waals surface area contributed by atoms with Crippen LogP contribution >= 0.6 is 0 Å². The highest BCUT2D eigenvalue weighted by molar-refractivity contribution is 5.72. The number of hydrogen-bond acceptors (Lipinski definition) is 2. The summed E-state index contributed by atoms with van der Waals surface area (Å²) in [7, 11) is 0. The van der Waals surface area contributed by atoms with Crippen LogP contribution in [0.1, 0.15) is 59.3 Å². The Hall–Kier alpha value is -0.530. The second kappa shape index (κ2) is 6.93. The predicted molar refractivity (Wildman–Crippen MR) is 66.2 cm³/mol. The van der Waals surface area contributed by atoms with Crippen LogP contribution in [-0.2, 0) is 9.53 Å². The molecule has 1 aliphatic rings. The maximum atomic E-state index is 11.7. The fourth-order valence-corrected chi connectivity index (χ4v) is 2.46. The van der Waals surface area contributed by atoms with Gasteiger partial charge >= 0.3 is 5.97 Å². The summed E-state index contributed by atoms with van der Waals surface area (Å²) >= 11 is 0. The Labute approximate surface area is 99.8 Å². The molecule has 0 bridgehead atoms. The molecule has 0 unspecified atom stereocenters. The van der Waals surface area contributed by atoms with E-state index < -0.39 is 0 Å². The lowest BCUT2D eigenvalue weighted by atomic mass is 9.77. The van der Waals surface area contributed by atoms with Crippen LogP contribution in [0.25, 0.3) is 0 Å². The number of carbonyl (C=O) groups excluding carboxylic acids is 1. The first-order valence-corrected chi connectivity index (χ1v) is 6.81. The molecule has 0 aromatic carbocycles. The minimum atomic E-state index is 0.0515. The highest BCUT2D eigenvalue weighted by Crippen LogP contribution is 2.33. The van der Waals surface area contributed by atoms with Crippen LogP contribution < -0.4 is 0 Å². The van der Waals surface area contributed by atoms with Gasteiger partial charge in [-0.25, -0.2) is 0 Å². The van der Waals surface area contributed by atoms with Gasteiger partial charge in [-0.05, 0) is 43.9 Å². The van der Waals surface area contributed by atoms with Crippen molar-refractivity contribution in [1.82, 2.24) is 0 Å². The molecule has 1 fully saturated rings. The van der Waals surface area contributed by atoms with Gasteiger partial charge in [0.05, 0.1) is 12.5 Å². The molecule has 0 saturated heterocycles. The smallest absolute Gasteiger partial charge is 0.308 e. The summed E-state index contributed by atoms with van der Waals surface area (Å²) in [5.41, 5.74) is 0. The van der Waals surface area contributed by atoms with Crippen LogP contribution in [0.2, 0.25) is 0 Å². The van der Waals surface area contributed by atoms with Crippen LogP contribution in [-0.4, -0.2) is 12.6 Å². The van der Waals surface area contributed by atoms with E-state index in [9.17, 15) is 4.79 Å². The second-order valence-electron chi connectivity index (χ2n) is 5.38. The summed E-state index contributed by atoms with van der Waals surface area (Å²) in [6.07, 6.45) is 6.55. The molecule has 0 N–H and O–H groups in total. The van der Waals surface area contributed by atoms with Crippen LogP contribution in [0.15, 0.2) is 0 Å². The molecular formula is C14H26O2. The Bertz CT molecular complexity index is 203. The Morgan fingerprint density at radius 1 is 1.25 bits per heavy atom. The van der Waals surface area contributed by atoms with Gasteiger partial charge in [-0.2, -0.15) is 0 Å². The molecule has 0 aliphatic heterocycles. The van der Waals surface area contributed by atoms with Crippen molar-refractivity contribution in [3.05, 3.63) is 0 Å².